The van der Waals surface area contributed by atoms with E-state index < -0.39 is 0 Å². The van der Waals surface area contributed by atoms with Gasteiger partial charge in [-0.25, -0.2) is 0 Å². The molecule has 2 unspecified atom stereocenters. The fourth-order valence-corrected chi connectivity index (χ4v) is 0. The second kappa shape index (κ2) is 2.93. The second-order valence-electron chi connectivity index (χ2n) is 0.905. The summed E-state index contributed by atoms with van der Waals surface area (Å²) in [6.45, 7) is 4.09. The number of halogens is 1. The lowest BCUT2D eigenvalue weighted by Crippen LogP contribution is -1.70. The quantitative estimate of drug-likeness (QED) is 0.357. The van der Waals surface area contributed by atoms with Crippen LogP contribution in [0.25, 0.3) is 0 Å². The molecule has 0 aromatic carbocycles. The molecule has 0 aromatic rings. The number of alkyl halides is 1. The Kier molecular flexibility index (Phi) is 3.35. The fraction of sp³-hybridized carbons (Fsp3) is 1.00. The smallest absolute Gasteiger partial charge is 0.0474 e. The Balaban J connectivity index is 2.54. The van der Waals surface area contributed by atoms with Crippen molar-refractivity contribution in [3.05, 3.63) is 0 Å². The molecule has 0 aliphatic heterocycles. The zero-order chi connectivity index (χ0) is 4.28. The molecule has 0 bridgehead atoms. The van der Waals surface area contributed by atoms with Crippen LogP contribution in [0.5, 0.6) is 0 Å². The SMILES string of the molecule is CPC(C)Cl. The van der Waals surface area contributed by atoms with Gasteiger partial charge >= 0.3 is 0 Å². The van der Waals surface area contributed by atoms with Crippen LogP contribution in [0.4, 0.5) is 0 Å². The molecule has 0 aliphatic carbocycles. The molecule has 0 heterocycles. The maximum atomic E-state index is 5.47. The molecule has 0 rings (SSSR count). The summed E-state index contributed by atoms with van der Waals surface area (Å²) in [6, 6.07) is 0. The topological polar surface area (TPSA) is 0 Å². The van der Waals surface area contributed by atoms with Crippen LogP contribution in [-0.4, -0.2) is 11.8 Å². The lowest BCUT2D eigenvalue weighted by molar-refractivity contribution is 1.40. The van der Waals surface area contributed by atoms with Gasteiger partial charge in [0.25, 0.3) is 0 Å². The summed E-state index contributed by atoms with van der Waals surface area (Å²) >= 11 is 5.47. The summed E-state index contributed by atoms with van der Waals surface area (Å²) in [7, 11) is 0.880. The highest BCUT2D eigenvalue weighted by molar-refractivity contribution is 7.40. The predicted octanol–water partition coefficient (Wildman–Crippen LogP) is 1.88. The van der Waals surface area contributed by atoms with Crippen LogP contribution in [0, 0.1) is 0 Å². The highest BCUT2D eigenvalue weighted by Crippen LogP contribution is 2.15. The molecule has 2 atom stereocenters. The third-order valence-electron chi connectivity index (χ3n) is 0.398. The van der Waals surface area contributed by atoms with E-state index >= 15 is 0 Å². The normalized spacial score (nSPS) is 17.4. The van der Waals surface area contributed by atoms with Crippen molar-refractivity contribution in [1.82, 2.24) is 0 Å². The lowest BCUT2D eigenvalue weighted by atomic mass is 11.0. The van der Waals surface area contributed by atoms with E-state index in [1.54, 1.807) is 0 Å². The Hall–Kier alpha value is 0.720. The molecule has 5 heavy (non-hydrogen) atoms. The second-order valence-corrected chi connectivity index (χ2v) is 3.37. The molecule has 32 valence electrons. The van der Waals surface area contributed by atoms with E-state index in [1.165, 1.54) is 0 Å². The zero-order valence-electron chi connectivity index (χ0n) is 3.46. The molecular formula is C3H8ClP. The first-order valence-electron chi connectivity index (χ1n) is 1.58. The van der Waals surface area contributed by atoms with Crippen molar-refractivity contribution >= 4 is 20.2 Å². The van der Waals surface area contributed by atoms with Crippen molar-refractivity contribution in [1.29, 1.82) is 0 Å². The van der Waals surface area contributed by atoms with Crippen LogP contribution in [0.2, 0.25) is 0 Å². The third kappa shape index (κ3) is 4.72. The molecule has 0 nitrogen and oxygen atoms in total. The van der Waals surface area contributed by atoms with Gasteiger partial charge in [0.2, 0.25) is 0 Å². The van der Waals surface area contributed by atoms with Crippen molar-refractivity contribution in [2.75, 3.05) is 6.66 Å². The third-order valence-corrected chi connectivity index (χ3v) is 1.85. The van der Waals surface area contributed by atoms with E-state index in [1.807, 2.05) is 6.92 Å². The van der Waals surface area contributed by atoms with Crippen molar-refractivity contribution in [3.63, 3.8) is 0 Å². The molecule has 2 heteroatoms. The van der Waals surface area contributed by atoms with Gasteiger partial charge in [0.15, 0.2) is 0 Å². The molecule has 0 saturated heterocycles. The monoisotopic (exact) mass is 110 g/mol. The minimum absolute atomic E-state index is 0.384. The van der Waals surface area contributed by atoms with E-state index in [0.717, 1.165) is 8.58 Å². The number of hydrogen-bond donors (Lipinski definition) is 0. The van der Waals surface area contributed by atoms with Crippen molar-refractivity contribution in [2.24, 2.45) is 0 Å². The molecule has 0 aromatic heterocycles. The van der Waals surface area contributed by atoms with Crippen LogP contribution < -0.4 is 0 Å². The van der Waals surface area contributed by atoms with Gasteiger partial charge in [-0.05, 0) is 13.6 Å². The fourth-order valence-electron chi connectivity index (χ4n) is 0. The van der Waals surface area contributed by atoms with Gasteiger partial charge in [-0.1, -0.05) is 0 Å². The Morgan fingerprint density at radius 1 is 1.80 bits per heavy atom. The van der Waals surface area contributed by atoms with Crippen LogP contribution in [0.3, 0.4) is 0 Å². The number of hydrogen-bond acceptors (Lipinski definition) is 0. The first-order valence-corrected chi connectivity index (χ1v) is 3.60. The van der Waals surface area contributed by atoms with E-state index in [2.05, 4.69) is 6.66 Å². The number of rotatable bonds is 1. The van der Waals surface area contributed by atoms with Crippen LogP contribution >= 0.6 is 20.2 Å². The van der Waals surface area contributed by atoms with Crippen LogP contribution in [0.15, 0.2) is 0 Å². The Bertz CT molecular complexity index is 20.9. The molecule has 0 amide bonds. The van der Waals surface area contributed by atoms with E-state index in [-0.39, 0.29) is 0 Å². The average molecular weight is 111 g/mol. The van der Waals surface area contributed by atoms with Gasteiger partial charge in [-0.3, -0.25) is 0 Å². The molecule has 0 aliphatic rings. The first-order chi connectivity index (χ1) is 2.27. The van der Waals surface area contributed by atoms with Gasteiger partial charge in [-0.15, -0.1) is 20.2 Å². The summed E-state index contributed by atoms with van der Waals surface area (Å²) in [6.07, 6.45) is 0. The van der Waals surface area contributed by atoms with Crippen molar-refractivity contribution in [3.8, 4) is 0 Å². The van der Waals surface area contributed by atoms with Gasteiger partial charge in [0.1, 0.15) is 0 Å². The summed E-state index contributed by atoms with van der Waals surface area (Å²) in [5.41, 5.74) is 0. The van der Waals surface area contributed by atoms with Gasteiger partial charge < -0.3 is 0 Å². The van der Waals surface area contributed by atoms with Gasteiger partial charge in [0, 0.05) is 5.12 Å². The average Bonchev–Trinajstić information content (AvgIpc) is 1.38. The van der Waals surface area contributed by atoms with E-state index in [4.69, 9.17) is 11.6 Å². The highest BCUT2D eigenvalue weighted by Gasteiger charge is 1.82. The molecule has 0 saturated carbocycles. The van der Waals surface area contributed by atoms with E-state index in [0.29, 0.717) is 5.12 Å². The molecule has 0 radical (unpaired) electrons. The maximum absolute atomic E-state index is 5.47. The summed E-state index contributed by atoms with van der Waals surface area (Å²) in [5.74, 6) is 0. The van der Waals surface area contributed by atoms with Gasteiger partial charge in [0.05, 0.1) is 0 Å². The molecule has 0 fully saturated rings. The Labute approximate surface area is 39.7 Å². The zero-order valence-corrected chi connectivity index (χ0v) is 5.21. The highest BCUT2D eigenvalue weighted by atomic mass is 35.5. The first kappa shape index (κ1) is 5.72. The molecular weight excluding hydrogens is 102 g/mol. The Morgan fingerprint density at radius 3 is 2.00 bits per heavy atom. The predicted molar refractivity (Wildman–Crippen MR) is 29.6 cm³/mol. The van der Waals surface area contributed by atoms with E-state index in [9.17, 15) is 0 Å². The van der Waals surface area contributed by atoms with Crippen molar-refractivity contribution < 1.29 is 0 Å². The molecule has 0 N–H and O–H groups in total. The largest absolute Gasteiger partial charge is 0.119 e. The minimum Gasteiger partial charge on any atom is -0.119 e. The summed E-state index contributed by atoms with van der Waals surface area (Å²) < 4.78 is 0. The molecule has 0 spiro atoms. The van der Waals surface area contributed by atoms with Gasteiger partial charge in [-0.2, -0.15) is 0 Å². The Morgan fingerprint density at radius 2 is 2.00 bits per heavy atom. The summed E-state index contributed by atoms with van der Waals surface area (Å²) in [5, 5.41) is 0.384. The standard InChI is InChI=1S/C3H8ClP/c1-3(4)5-2/h3,5H,1-2H3. The lowest BCUT2D eigenvalue weighted by Gasteiger charge is -1.88. The minimum atomic E-state index is 0.384. The van der Waals surface area contributed by atoms with Crippen LogP contribution in [-0.2, 0) is 0 Å². The summed E-state index contributed by atoms with van der Waals surface area (Å²) in [4.78, 5) is 0. The van der Waals surface area contributed by atoms with Crippen LogP contribution in [0.1, 0.15) is 6.92 Å². The maximum Gasteiger partial charge on any atom is 0.0474 e. The van der Waals surface area contributed by atoms with Crippen molar-refractivity contribution in [2.45, 2.75) is 12.0 Å².